The van der Waals surface area contributed by atoms with Crippen molar-refractivity contribution in [2.45, 2.75) is 0 Å². The van der Waals surface area contributed by atoms with Gasteiger partial charge in [-0.05, 0) is 24.3 Å². The highest BCUT2D eigenvalue weighted by molar-refractivity contribution is 6.32. The van der Waals surface area contributed by atoms with Crippen molar-refractivity contribution in [2.24, 2.45) is 11.0 Å². The standard InChI is InChI=1S/C16H11FN4O5/c17-10-4-1-2-5-11(10)21-15(24)9(13(22)19-16(21)25)8-18-20-14(23)12-6-3-7-26-12/h1-9H,(H,20,23)(H,19,22,25)/b18-8-/t9-/m1/s1. The molecule has 1 aliphatic heterocycles. The van der Waals surface area contributed by atoms with Crippen LogP contribution in [-0.4, -0.2) is 30.0 Å². The first-order valence-electron chi connectivity index (χ1n) is 7.29. The molecular formula is C16H11FN4O5. The molecule has 0 spiro atoms. The maximum absolute atomic E-state index is 13.9. The normalized spacial score (nSPS) is 17.5. The molecule has 26 heavy (non-hydrogen) atoms. The fourth-order valence-corrected chi connectivity index (χ4v) is 2.22. The quantitative estimate of drug-likeness (QED) is 0.480. The van der Waals surface area contributed by atoms with Crippen LogP contribution in [0.3, 0.4) is 0 Å². The lowest BCUT2D eigenvalue weighted by molar-refractivity contribution is -0.131. The van der Waals surface area contributed by atoms with Crippen LogP contribution in [0.2, 0.25) is 0 Å². The third-order valence-corrected chi connectivity index (χ3v) is 3.43. The molecule has 5 amide bonds. The molecule has 0 unspecified atom stereocenters. The van der Waals surface area contributed by atoms with Gasteiger partial charge in [0, 0.05) is 6.21 Å². The summed E-state index contributed by atoms with van der Waals surface area (Å²) < 4.78 is 18.8. The molecule has 1 fully saturated rings. The predicted octanol–water partition coefficient (Wildman–Crippen LogP) is 1.03. The fourth-order valence-electron chi connectivity index (χ4n) is 2.22. The van der Waals surface area contributed by atoms with Gasteiger partial charge in [-0.15, -0.1) is 0 Å². The van der Waals surface area contributed by atoms with Crippen molar-refractivity contribution in [2.75, 3.05) is 4.90 Å². The van der Waals surface area contributed by atoms with Gasteiger partial charge in [0.1, 0.15) is 5.82 Å². The third kappa shape index (κ3) is 3.20. The number of hydrogen-bond acceptors (Lipinski definition) is 6. The Morgan fingerprint density at radius 3 is 2.69 bits per heavy atom. The van der Waals surface area contributed by atoms with E-state index < -0.39 is 35.5 Å². The lowest BCUT2D eigenvalue weighted by Crippen LogP contribution is -2.59. The van der Waals surface area contributed by atoms with Crippen LogP contribution < -0.4 is 15.6 Å². The number of hydrogen-bond donors (Lipinski definition) is 2. The average molecular weight is 358 g/mol. The number of nitrogens with zero attached hydrogens (tertiary/aromatic N) is 2. The number of carbonyl (C=O) groups excluding carboxylic acids is 4. The molecule has 2 heterocycles. The number of anilines is 1. The summed E-state index contributed by atoms with van der Waals surface area (Å²) in [5.74, 6) is -5.00. The first-order chi connectivity index (χ1) is 12.5. The van der Waals surface area contributed by atoms with Crippen molar-refractivity contribution >= 4 is 35.7 Å². The highest BCUT2D eigenvalue weighted by Gasteiger charge is 2.41. The van der Waals surface area contributed by atoms with E-state index in [1.807, 2.05) is 5.32 Å². The number of carbonyl (C=O) groups is 4. The molecule has 2 N–H and O–H groups in total. The zero-order chi connectivity index (χ0) is 18.7. The molecule has 0 saturated carbocycles. The van der Waals surface area contributed by atoms with Crippen molar-refractivity contribution in [3.05, 3.63) is 54.2 Å². The number of nitrogens with one attached hydrogen (secondary N) is 2. The van der Waals surface area contributed by atoms with Gasteiger partial charge >= 0.3 is 11.9 Å². The number of benzene rings is 1. The van der Waals surface area contributed by atoms with Crippen LogP contribution in [0.4, 0.5) is 14.9 Å². The molecule has 9 nitrogen and oxygen atoms in total. The van der Waals surface area contributed by atoms with Crippen molar-refractivity contribution < 1.29 is 28.0 Å². The number of halogens is 1. The first-order valence-corrected chi connectivity index (χ1v) is 7.29. The van der Waals surface area contributed by atoms with E-state index in [0.29, 0.717) is 4.90 Å². The highest BCUT2D eigenvalue weighted by Crippen LogP contribution is 2.23. The van der Waals surface area contributed by atoms with E-state index in [9.17, 15) is 23.6 Å². The second-order valence-corrected chi connectivity index (χ2v) is 5.09. The number of rotatable bonds is 4. The summed E-state index contributed by atoms with van der Waals surface area (Å²) in [7, 11) is 0. The minimum atomic E-state index is -1.52. The Labute approximate surface area is 145 Å². The number of urea groups is 1. The van der Waals surface area contributed by atoms with E-state index in [0.717, 1.165) is 12.3 Å². The number of hydrazone groups is 1. The Bertz CT molecular complexity index is 909. The second-order valence-electron chi connectivity index (χ2n) is 5.09. The summed E-state index contributed by atoms with van der Waals surface area (Å²) in [5.41, 5.74) is 1.77. The van der Waals surface area contributed by atoms with Gasteiger partial charge < -0.3 is 4.42 Å². The Morgan fingerprint density at radius 1 is 1.23 bits per heavy atom. The maximum atomic E-state index is 13.9. The lowest BCUT2D eigenvalue weighted by atomic mass is 10.1. The van der Waals surface area contributed by atoms with E-state index in [2.05, 4.69) is 10.5 Å². The molecule has 10 heteroatoms. The van der Waals surface area contributed by atoms with Crippen LogP contribution in [0, 0.1) is 11.7 Å². The van der Waals surface area contributed by atoms with Gasteiger partial charge in [-0.2, -0.15) is 5.10 Å². The lowest BCUT2D eigenvalue weighted by Gasteiger charge is -2.28. The van der Waals surface area contributed by atoms with Crippen molar-refractivity contribution in [1.82, 2.24) is 10.7 Å². The molecule has 0 aliphatic carbocycles. The summed E-state index contributed by atoms with van der Waals surface area (Å²) in [5, 5.41) is 5.47. The minimum Gasteiger partial charge on any atom is -0.459 e. The number of imide groups is 2. The molecule has 3 rings (SSSR count). The molecule has 1 atom stereocenters. The number of furan rings is 1. The predicted molar refractivity (Wildman–Crippen MR) is 85.6 cm³/mol. The summed E-state index contributed by atoms with van der Waals surface area (Å²) in [6.45, 7) is 0. The molecular weight excluding hydrogens is 347 g/mol. The van der Waals surface area contributed by atoms with E-state index in [4.69, 9.17) is 4.42 Å². The molecule has 1 saturated heterocycles. The van der Waals surface area contributed by atoms with Crippen LogP contribution >= 0.6 is 0 Å². The van der Waals surface area contributed by atoms with E-state index in [1.165, 1.54) is 36.6 Å². The highest BCUT2D eigenvalue weighted by atomic mass is 19.1. The number of para-hydroxylation sites is 1. The fraction of sp³-hybridized carbons (Fsp3) is 0.0625. The van der Waals surface area contributed by atoms with Gasteiger partial charge in [0.05, 0.1) is 12.0 Å². The van der Waals surface area contributed by atoms with Crippen LogP contribution in [0.5, 0.6) is 0 Å². The second kappa shape index (κ2) is 6.97. The molecule has 1 aromatic heterocycles. The third-order valence-electron chi connectivity index (χ3n) is 3.43. The Balaban J connectivity index is 1.78. The number of barbiturate groups is 1. The van der Waals surface area contributed by atoms with E-state index >= 15 is 0 Å². The largest absolute Gasteiger partial charge is 0.459 e. The summed E-state index contributed by atoms with van der Waals surface area (Å²) >= 11 is 0. The molecule has 132 valence electrons. The van der Waals surface area contributed by atoms with Gasteiger partial charge in [0.2, 0.25) is 5.91 Å². The van der Waals surface area contributed by atoms with Gasteiger partial charge in [-0.25, -0.2) is 19.5 Å². The van der Waals surface area contributed by atoms with Crippen molar-refractivity contribution in [1.29, 1.82) is 0 Å². The Kier molecular flexibility index (Phi) is 4.56. The molecule has 1 aliphatic rings. The summed E-state index contributed by atoms with van der Waals surface area (Å²) in [4.78, 5) is 48.5. The zero-order valence-electron chi connectivity index (χ0n) is 13.0. The topological polar surface area (TPSA) is 121 Å². The summed E-state index contributed by atoms with van der Waals surface area (Å²) in [6.07, 6.45) is 2.13. The van der Waals surface area contributed by atoms with Gasteiger partial charge in [0.25, 0.3) is 5.91 Å². The molecule has 0 radical (unpaired) electrons. The van der Waals surface area contributed by atoms with Gasteiger partial charge in [0.15, 0.2) is 11.7 Å². The molecule has 0 bridgehead atoms. The van der Waals surface area contributed by atoms with Crippen LogP contribution in [-0.2, 0) is 9.59 Å². The van der Waals surface area contributed by atoms with Crippen LogP contribution in [0.25, 0.3) is 0 Å². The SMILES string of the molecule is O=C(N/N=C\[C@@H]1C(=O)NC(=O)N(c2ccccc2F)C1=O)c1ccco1. The Hall–Kier alpha value is -3.82. The zero-order valence-corrected chi connectivity index (χ0v) is 13.0. The van der Waals surface area contributed by atoms with E-state index in [1.54, 1.807) is 0 Å². The number of amides is 5. The van der Waals surface area contributed by atoms with Crippen LogP contribution in [0.15, 0.2) is 52.2 Å². The summed E-state index contributed by atoms with van der Waals surface area (Å²) in [6, 6.07) is 6.92. The van der Waals surface area contributed by atoms with Crippen molar-refractivity contribution in [3.8, 4) is 0 Å². The molecule has 1 aromatic carbocycles. The maximum Gasteiger partial charge on any atom is 0.335 e. The average Bonchev–Trinajstić information content (AvgIpc) is 3.14. The minimum absolute atomic E-state index is 0.0234. The van der Waals surface area contributed by atoms with Crippen LogP contribution in [0.1, 0.15) is 10.6 Å². The van der Waals surface area contributed by atoms with E-state index in [-0.39, 0.29) is 11.4 Å². The van der Waals surface area contributed by atoms with Gasteiger partial charge in [-0.3, -0.25) is 19.7 Å². The monoisotopic (exact) mass is 358 g/mol. The van der Waals surface area contributed by atoms with Gasteiger partial charge in [-0.1, -0.05) is 12.1 Å². The first kappa shape index (κ1) is 17.0. The smallest absolute Gasteiger partial charge is 0.335 e. The Morgan fingerprint density at radius 2 is 2.00 bits per heavy atom. The molecule has 2 aromatic rings. The van der Waals surface area contributed by atoms with Crippen molar-refractivity contribution in [3.63, 3.8) is 0 Å².